The highest BCUT2D eigenvalue weighted by Crippen LogP contribution is 2.29. The molecule has 0 bridgehead atoms. The molecule has 0 fully saturated rings. The summed E-state index contributed by atoms with van der Waals surface area (Å²) in [7, 11) is 3.40. The van der Waals surface area contributed by atoms with Crippen LogP contribution in [0.1, 0.15) is 17.2 Å². The van der Waals surface area contributed by atoms with Crippen LogP contribution in [0, 0.1) is 5.82 Å². The lowest BCUT2D eigenvalue weighted by Crippen LogP contribution is -2.18. The van der Waals surface area contributed by atoms with Crippen molar-refractivity contribution in [1.29, 1.82) is 0 Å². The zero-order valence-electron chi connectivity index (χ0n) is 10.4. The lowest BCUT2D eigenvalue weighted by molar-refractivity contribution is 0.404. The molecule has 0 aliphatic heterocycles. The molecular weight excluding hydrogens is 231 g/mol. The van der Waals surface area contributed by atoms with Gasteiger partial charge in [-0.15, -0.1) is 0 Å². The monoisotopic (exact) mass is 246 g/mol. The Hall–Kier alpha value is -1.94. The summed E-state index contributed by atoms with van der Waals surface area (Å²) >= 11 is 0. The van der Waals surface area contributed by atoms with Crippen molar-refractivity contribution >= 4 is 0 Å². The number of hydrogen-bond donors (Lipinski definition) is 1. The first-order valence-corrected chi connectivity index (χ1v) is 5.67. The second kappa shape index (κ2) is 5.60. The first-order valence-electron chi connectivity index (χ1n) is 5.67. The molecule has 1 unspecified atom stereocenters. The van der Waals surface area contributed by atoms with E-state index in [1.165, 1.54) is 12.1 Å². The number of nitrogens with one attached hydrogen (secondary N) is 1. The minimum Gasteiger partial charge on any atom is -0.496 e. The molecule has 1 atom stereocenters. The van der Waals surface area contributed by atoms with Crippen molar-refractivity contribution in [3.8, 4) is 5.75 Å². The maximum absolute atomic E-state index is 13.4. The maximum Gasteiger partial charge on any atom is 0.124 e. The highest BCUT2D eigenvalue weighted by atomic mass is 19.1. The Morgan fingerprint density at radius 3 is 2.78 bits per heavy atom. The van der Waals surface area contributed by atoms with Crippen molar-refractivity contribution in [3.63, 3.8) is 0 Å². The molecule has 0 aliphatic carbocycles. The summed E-state index contributed by atoms with van der Waals surface area (Å²) in [5.74, 6) is 0.370. The summed E-state index contributed by atoms with van der Waals surface area (Å²) in [4.78, 5) is 4.08. The number of nitrogens with zero attached hydrogens (tertiary/aromatic N) is 1. The van der Waals surface area contributed by atoms with E-state index >= 15 is 0 Å². The van der Waals surface area contributed by atoms with Crippen molar-refractivity contribution in [3.05, 3.63) is 59.7 Å². The van der Waals surface area contributed by atoms with Crippen LogP contribution in [0.15, 0.2) is 42.7 Å². The molecule has 0 aliphatic rings. The third-order valence-corrected chi connectivity index (χ3v) is 2.81. The van der Waals surface area contributed by atoms with Crippen LogP contribution in [0.2, 0.25) is 0 Å². The molecule has 1 N–H and O–H groups in total. The van der Waals surface area contributed by atoms with Gasteiger partial charge in [0.15, 0.2) is 0 Å². The number of pyridine rings is 1. The Labute approximate surface area is 106 Å². The van der Waals surface area contributed by atoms with Gasteiger partial charge in [-0.3, -0.25) is 4.98 Å². The first kappa shape index (κ1) is 12.5. The minimum absolute atomic E-state index is 0.149. The molecule has 3 nitrogen and oxygen atoms in total. The van der Waals surface area contributed by atoms with E-state index in [9.17, 15) is 4.39 Å². The average Bonchev–Trinajstić information content (AvgIpc) is 2.41. The zero-order chi connectivity index (χ0) is 13.0. The highest BCUT2D eigenvalue weighted by Gasteiger charge is 2.17. The van der Waals surface area contributed by atoms with E-state index in [4.69, 9.17) is 4.74 Å². The Balaban J connectivity index is 2.48. The molecule has 1 aromatic carbocycles. The number of rotatable bonds is 4. The summed E-state index contributed by atoms with van der Waals surface area (Å²) in [6.07, 6.45) is 3.46. The molecule has 1 aromatic heterocycles. The molecule has 94 valence electrons. The van der Waals surface area contributed by atoms with Crippen molar-refractivity contribution in [2.45, 2.75) is 6.04 Å². The van der Waals surface area contributed by atoms with E-state index in [1.807, 2.05) is 19.2 Å². The maximum atomic E-state index is 13.4. The fraction of sp³-hybridized carbons (Fsp3) is 0.214. The van der Waals surface area contributed by atoms with E-state index in [0.717, 1.165) is 11.1 Å². The van der Waals surface area contributed by atoms with Gasteiger partial charge in [0, 0.05) is 18.0 Å². The predicted octanol–water partition coefficient (Wildman–Crippen LogP) is 2.54. The zero-order valence-corrected chi connectivity index (χ0v) is 10.4. The van der Waals surface area contributed by atoms with Gasteiger partial charge in [-0.1, -0.05) is 6.07 Å². The van der Waals surface area contributed by atoms with E-state index in [-0.39, 0.29) is 11.9 Å². The number of halogens is 1. The number of ether oxygens (including phenoxy) is 1. The molecule has 0 spiro atoms. The number of benzene rings is 1. The van der Waals surface area contributed by atoms with Crippen LogP contribution < -0.4 is 10.1 Å². The number of hydrogen-bond acceptors (Lipinski definition) is 3. The largest absolute Gasteiger partial charge is 0.496 e. The standard InChI is InChI=1S/C14H15FN2O/c1-16-14(10-4-3-7-17-9-10)12-8-11(15)5-6-13(12)18-2/h3-9,14,16H,1-2H3. The minimum atomic E-state index is -0.282. The second-order valence-electron chi connectivity index (χ2n) is 3.89. The van der Waals surface area contributed by atoms with Crippen molar-refractivity contribution < 1.29 is 9.13 Å². The third kappa shape index (κ3) is 2.49. The van der Waals surface area contributed by atoms with Gasteiger partial charge in [0.1, 0.15) is 11.6 Å². The Morgan fingerprint density at radius 2 is 2.17 bits per heavy atom. The number of aromatic nitrogens is 1. The van der Waals surface area contributed by atoms with Crippen LogP contribution in [-0.4, -0.2) is 19.1 Å². The third-order valence-electron chi connectivity index (χ3n) is 2.81. The van der Waals surface area contributed by atoms with Gasteiger partial charge in [0.2, 0.25) is 0 Å². The lowest BCUT2D eigenvalue weighted by atomic mass is 9.99. The van der Waals surface area contributed by atoms with Crippen LogP contribution in [0.5, 0.6) is 5.75 Å². The molecule has 1 heterocycles. The van der Waals surface area contributed by atoms with Gasteiger partial charge in [-0.2, -0.15) is 0 Å². The van der Waals surface area contributed by atoms with Gasteiger partial charge in [0.05, 0.1) is 13.2 Å². The van der Waals surface area contributed by atoms with Crippen LogP contribution >= 0.6 is 0 Å². The molecule has 0 amide bonds. The molecule has 18 heavy (non-hydrogen) atoms. The molecular formula is C14H15FN2O. The Morgan fingerprint density at radius 1 is 1.33 bits per heavy atom. The topological polar surface area (TPSA) is 34.2 Å². The quantitative estimate of drug-likeness (QED) is 0.900. The van der Waals surface area contributed by atoms with Crippen LogP contribution in [0.4, 0.5) is 4.39 Å². The fourth-order valence-electron chi connectivity index (χ4n) is 1.98. The smallest absolute Gasteiger partial charge is 0.124 e. The van der Waals surface area contributed by atoms with E-state index in [1.54, 1.807) is 25.6 Å². The molecule has 2 rings (SSSR count). The molecule has 0 saturated carbocycles. The van der Waals surface area contributed by atoms with Gasteiger partial charge in [-0.25, -0.2) is 4.39 Å². The average molecular weight is 246 g/mol. The first-order chi connectivity index (χ1) is 8.76. The van der Waals surface area contributed by atoms with Crippen LogP contribution in [0.3, 0.4) is 0 Å². The van der Waals surface area contributed by atoms with Gasteiger partial charge in [0.25, 0.3) is 0 Å². The van der Waals surface area contributed by atoms with Crippen molar-refractivity contribution in [2.75, 3.05) is 14.2 Å². The molecule has 4 heteroatoms. The highest BCUT2D eigenvalue weighted by molar-refractivity contribution is 5.41. The summed E-state index contributed by atoms with van der Waals surface area (Å²) in [5.41, 5.74) is 1.72. The van der Waals surface area contributed by atoms with Gasteiger partial charge in [-0.05, 0) is 36.9 Å². The summed E-state index contributed by atoms with van der Waals surface area (Å²) in [5, 5.41) is 3.15. The Kier molecular flexibility index (Phi) is 3.89. The van der Waals surface area contributed by atoms with Crippen LogP contribution in [-0.2, 0) is 0 Å². The summed E-state index contributed by atoms with van der Waals surface area (Å²) in [6.45, 7) is 0. The SMILES string of the molecule is CNC(c1cccnc1)c1cc(F)ccc1OC. The van der Waals surface area contributed by atoms with E-state index < -0.39 is 0 Å². The van der Waals surface area contributed by atoms with E-state index in [0.29, 0.717) is 5.75 Å². The molecule has 0 radical (unpaired) electrons. The summed E-state index contributed by atoms with van der Waals surface area (Å²) < 4.78 is 18.7. The predicted molar refractivity (Wildman–Crippen MR) is 68.1 cm³/mol. The fourth-order valence-corrected chi connectivity index (χ4v) is 1.98. The normalized spacial score (nSPS) is 12.2. The summed E-state index contributed by atoms with van der Waals surface area (Å²) in [6, 6.07) is 8.14. The molecule has 2 aromatic rings. The van der Waals surface area contributed by atoms with Gasteiger partial charge < -0.3 is 10.1 Å². The van der Waals surface area contributed by atoms with Gasteiger partial charge >= 0.3 is 0 Å². The van der Waals surface area contributed by atoms with Crippen LogP contribution in [0.25, 0.3) is 0 Å². The van der Waals surface area contributed by atoms with Crippen molar-refractivity contribution in [2.24, 2.45) is 0 Å². The lowest BCUT2D eigenvalue weighted by Gasteiger charge is -2.19. The van der Waals surface area contributed by atoms with Crippen molar-refractivity contribution in [1.82, 2.24) is 10.3 Å². The second-order valence-corrected chi connectivity index (χ2v) is 3.89. The molecule has 0 saturated heterocycles. The van der Waals surface area contributed by atoms with E-state index in [2.05, 4.69) is 10.3 Å². The Bertz CT molecular complexity index is 516. The number of methoxy groups -OCH3 is 1.